The Morgan fingerprint density at radius 2 is 2.08 bits per heavy atom. The Kier molecular flexibility index (Phi) is 5.32. The Morgan fingerprint density at radius 3 is 2.84 bits per heavy atom. The molecule has 0 aliphatic carbocycles. The number of fused-ring (bicyclic) bond motifs is 1. The largest absolute Gasteiger partial charge is 0.396 e. The zero-order valence-corrected chi connectivity index (χ0v) is 14.0. The highest BCUT2D eigenvalue weighted by Crippen LogP contribution is 2.32. The van der Waals surface area contributed by atoms with Crippen molar-refractivity contribution in [1.82, 2.24) is 9.80 Å². The lowest BCUT2D eigenvalue weighted by Gasteiger charge is -2.47. The first kappa shape index (κ1) is 17.8. The minimum absolute atomic E-state index is 0.0324. The number of benzene rings is 1. The molecule has 0 bridgehead atoms. The van der Waals surface area contributed by atoms with Crippen LogP contribution < -0.4 is 0 Å². The van der Waals surface area contributed by atoms with Gasteiger partial charge in [-0.05, 0) is 37.3 Å². The normalized spacial score (nSPS) is 23.6. The second-order valence-electron chi connectivity index (χ2n) is 6.67. The summed E-state index contributed by atoms with van der Waals surface area (Å²) in [5, 5.41) is 9.01. The lowest BCUT2D eigenvalue weighted by atomic mass is 9.83. The Hall–Kier alpha value is -2.02. The van der Waals surface area contributed by atoms with E-state index in [1.165, 1.54) is 12.1 Å². The molecule has 2 aliphatic rings. The highest BCUT2D eigenvalue weighted by atomic mass is 19.2. The fraction of sp³-hybridized carbons (Fsp3) is 0.556. The molecule has 3 rings (SSSR count). The van der Waals surface area contributed by atoms with Gasteiger partial charge in [-0.2, -0.15) is 0 Å². The zero-order valence-electron chi connectivity index (χ0n) is 14.0. The van der Waals surface area contributed by atoms with Crippen molar-refractivity contribution in [1.29, 1.82) is 0 Å². The van der Waals surface area contributed by atoms with E-state index in [1.807, 2.05) is 4.90 Å². The number of hydrogen-bond donors (Lipinski definition) is 1. The fourth-order valence-corrected chi connectivity index (χ4v) is 3.91. The first-order valence-corrected chi connectivity index (χ1v) is 8.66. The monoisotopic (exact) mass is 352 g/mol. The quantitative estimate of drug-likeness (QED) is 0.899. The maximum Gasteiger partial charge on any atom is 0.256 e. The third-order valence-electron chi connectivity index (χ3n) is 5.17. The van der Waals surface area contributed by atoms with Crippen LogP contribution in [0.2, 0.25) is 0 Å². The predicted octanol–water partition coefficient (Wildman–Crippen LogP) is 1.80. The number of nitrogens with zero attached hydrogens (tertiary/aromatic N) is 2. The van der Waals surface area contributed by atoms with E-state index in [9.17, 15) is 18.4 Å². The number of aliphatic hydroxyl groups excluding tert-OH is 1. The van der Waals surface area contributed by atoms with Crippen molar-refractivity contribution in [2.24, 2.45) is 5.92 Å². The first-order valence-electron chi connectivity index (χ1n) is 8.66. The van der Waals surface area contributed by atoms with Crippen molar-refractivity contribution < 1.29 is 23.5 Å². The zero-order chi connectivity index (χ0) is 18.0. The number of amides is 2. The van der Waals surface area contributed by atoms with Gasteiger partial charge < -0.3 is 14.9 Å². The topological polar surface area (TPSA) is 60.9 Å². The van der Waals surface area contributed by atoms with Gasteiger partial charge in [0.2, 0.25) is 5.91 Å². The number of carbonyl (C=O) groups is 2. The molecule has 1 N–H and O–H groups in total. The molecular weight excluding hydrogens is 330 g/mol. The van der Waals surface area contributed by atoms with E-state index in [0.29, 0.717) is 45.3 Å². The fourth-order valence-electron chi connectivity index (χ4n) is 3.91. The number of halogens is 2. The van der Waals surface area contributed by atoms with E-state index in [-0.39, 0.29) is 30.0 Å². The van der Waals surface area contributed by atoms with Crippen LogP contribution in [0.15, 0.2) is 18.2 Å². The minimum atomic E-state index is -1.11. The maximum absolute atomic E-state index is 13.9. The van der Waals surface area contributed by atoms with Gasteiger partial charge in [-0.15, -0.1) is 0 Å². The van der Waals surface area contributed by atoms with E-state index >= 15 is 0 Å². The number of rotatable bonds is 4. The molecule has 0 unspecified atom stereocenters. The molecule has 7 heteroatoms. The molecule has 25 heavy (non-hydrogen) atoms. The molecular formula is C18H22F2N2O3. The molecule has 2 atom stereocenters. The molecule has 0 radical (unpaired) electrons. The second kappa shape index (κ2) is 7.47. The SMILES string of the molecule is O=C(c1cccc(F)c1F)N1CC[C@@H]2[C@@H](CCC(=O)N2CCCO)C1. The van der Waals surface area contributed by atoms with E-state index in [0.717, 1.165) is 6.07 Å². The van der Waals surface area contributed by atoms with Crippen LogP contribution in [-0.4, -0.2) is 59.0 Å². The van der Waals surface area contributed by atoms with Gasteiger partial charge in [0, 0.05) is 38.7 Å². The van der Waals surface area contributed by atoms with Crippen LogP contribution in [0.1, 0.15) is 36.0 Å². The highest BCUT2D eigenvalue weighted by molar-refractivity contribution is 5.94. The summed E-state index contributed by atoms with van der Waals surface area (Å²) in [5.41, 5.74) is -0.248. The molecule has 2 aliphatic heterocycles. The molecule has 0 aromatic heterocycles. The van der Waals surface area contributed by atoms with Crippen LogP contribution in [0.3, 0.4) is 0 Å². The lowest BCUT2D eigenvalue weighted by Crippen LogP contribution is -2.57. The number of piperidine rings is 2. The van der Waals surface area contributed by atoms with Crippen molar-refractivity contribution in [3.63, 3.8) is 0 Å². The number of hydrogen-bond acceptors (Lipinski definition) is 3. The molecule has 1 aromatic rings. The van der Waals surface area contributed by atoms with Crippen LogP contribution in [0.25, 0.3) is 0 Å². The second-order valence-corrected chi connectivity index (χ2v) is 6.67. The summed E-state index contributed by atoms with van der Waals surface area (Å²) >= 11 is 0. The van der Waals surface area contributed by atoms with E-state index in [2.05, 4.69) is 0 Å². The van der Waals surface area contributed by atoms with Gasteiger partial charge in [0.15, 0.2) is 11.6 Å². The van der Waals surface area contributed by atoms with Crippen LogP contribution in [0.4, 0.5) is 8.78 Å². The summed E-state index contributed by atoms with van der Waals surface area (Å²) in [5.74, 6) is -2.43. The van der Waals surface area contributed by atoms with E-state index in [4.69, 9.17) is 5.11 Å². The van der Waals surface area contributed by atoms with Crippen molar-refractivity contribution in [2.75, 3.05) is 26.2 Å². The van der Waals surface area contributed by atoms with Gasteiger partial charge in [0.05, 0.1) is 5.56 Å². The van der Waals surface area contributed by atoms with Gasteiger partial charge in [0.1, 0.15) is 0 Å². The Bertz CT molecular complexity index is 668. The molecule has 5 nitrogen and oxygen atoms in total. The average molecular weight is 352 g/mol. The molecule has 0 spiro atoms. The van der Waals surface area contributed by atoms with Crippen LogP contribution in [0, 0.1) is 17.6 Å². The Balaban J connectivity index is 1.72. The third kappa shape index (κ3) is 3.51. The predicted molar refractivity (Wildman–Crippen MR) is 86.8 cm³/mol. The van der Waals surface area contributed by atoms with Crippen molar-refractivity contribution in [3.05, 3.63) is 35.4 Å². The number of likely N-dealkylation sites (tertiary alicyclic amines) is 2. The van der Waals surface area contributed by atoms with Crippen LogP contribution >= 0.6 is 0 Å². The summed E-state index contributed by atoms with van der Waals surface area (Å²) in [6.07, 6.45) is 2.26. The smallest absolute Gasteiger partial charge is 0.256 e. The lowest BCUT2D eigenvalue weighted by molar-refractivity contribution is -0.140. The molecule has 2 amide bonds. The van der Waals surface area contributed by atoms with Crippen LogP contribution in [-0.2, 0) is 4.79 Å². The van der Waals surface area contributed by atoms with Crippen molar-refractivity contribution >= 4 is 11.8 Å². The van der Waals surface area contributed by atoms with Gasteiger partial charge in [-0.25, -0.2) is 8.78 Å². The van der Waals surface area contributed by atoms with Crippen molar-refractivity contribution in [2.45, 2.75) is 31.7 Å². The van der Waals surface area contributed by atoms with Gasteiger partial charge >= 0.3 is 0 Å². The minimum Gasteiger partial charge on any atom is -0.396 e. The standard InChI is InChI=1S/C18H22F2N2O3/c19-14-4-1-3-13(17(14)20)18(25)21-9-7-15-12(11-21)5-6-16(24)22(15)8-2-10-23/h1,3-4,12,15,23H,2,5-11H2/t12-,15+/m0/s1. The third-order valence-corrected chi connectivity index (χ3v) is 5.17. The number of aliphatic hydroxyl groups is 1. The highest BCUT2D eigenvalue weighted by Gasteiger charge is 2.40. The van der Waals surface area contributed by atoms with Gasteiger partial charge in [-0.3, -0.25) is 9.59 Å². The molecule has 136 valence electrons. The number of carbonyl (C=O) groups excluding carboxylic acids is 2. The molecule has 2 saturated heterocycles. The van der Waals surface area contributed by atoms with Crippen LogP contribution in [0.5, 0.6) is 0 Å². The average Bonchev–Trinajstić information content (AvgIpc) is 2.62. The summed E-state index contributed by atoms with van der Waals surface area (Å²) < 4.78 is 27.3. The summed E-state index contributed by atoms with van der Waals surface area (Å²) in [6.45, 7) is 1.38. The first-order chi connectivity index (χ1) is 12.0. The Morgan fingerprint density at radius 1 is 1.28 bits per heavy atom. The molecule has 2 heterocycles. The van der Waals surface area contributed by atoms with E-state index in [1.54, 1.807) is 4.90 Å². The van der Waals surface area contributed by atoms with Crippen molar-refractivity contribution in [3.8, 4) is 0 Å². The summed E-state index contributed by atoms with van der Waals surface area (Å²) in [6, 6.07) is 3.66. The molecule has 0 saturated carbocycles. The molecule has 1 aromatic carbocycles. The van der Waals surface area contributed by atoms with Gasteiger partial charge in [0.25, 0.3) is 5.91 Å². The Labute approximate surface area is 145 Å². The van der Waals surface area contributed by atoms with E-state index < -0.39 is 17.5 Å². The van der Waals surface area contributed by atoms with Gasteiger partial charge in [-0.1, -0.05) is 6.07 Å². The maximum atomic E-state index is 13.9. The molecule has 2 fully saturated rings. The summed E-state index contributed by atoms with van der Waals surface area (Å²) in [7, 11) is 0. The summed E-state index contributed by atoms with van der Waals surface area (Å²) in [4.78, 5) is 28.1.